The molecule has 0 radical (unpaired) electrons. The predicted octanol–water partition coefficient (Wildman–Crippen LogP) is 4.29. The lowest BCUT2D eigenvalue weighted by molar-refractivity contribution is 0.104. The van der Waals surface area contributed by atoms with Gasteiger partial charge in [0.2, 0.25) is 0 Å². The average molecular weight is 318 g/mol. The normalized spacial score (nSPS) is 10.7. The molecule has 0 aliphatic heterocycles. The molecular weight excluding hydrogens is 310 g/mol. The predicted molar refractivity (Wildman–Crippen MR) is 77.2 cm³/mol. The van der Waals surface area contributed by atoms with Crippen molar-refractivity contribution >= 4 is 43.8 Å². The molecule has 0 fully saturated rings. The Morgan fingerprint density at radius 2 is 2.17 bits per heavy atom. The van der Waals surface area contributed by atoms with E-state index in [1.807, 2.05) is 35.7 Å². The first kappa shape index (κ1) is 11.6. The van der Waals surface area contributed by atoms with E-state index in [0.29, 0.717) is 11.1 Å². The van der Waals surface area contributed by atoms with E-state index in [-0.39, 0.29) is 5.78 Å². The molecular formula is C14H8BrNOS. The summed E-state index contributed by atoms with van der Waals surface area (Å²) in [6.07, 6.45) is 3.47. The van der Waals surface area contributed by atoms with Crippen molar-refractivity contribution in [1.29, 1.82) is 0 Å². The molecule has 0 atom stereocenters. The SMILES string of the molecule is O=C(c1csc(Br)c1)c1cccc2ccncc12. The van der Waals surface area contributed by atoms with Gasteiger partial charge in [-0.15, -0.1) is 11.3 Å². The van der Waals surface area contributed by atoms with E-state index < -0.39 is 0 Å². The lowest BCUT2D eigenvalue weighted by atomic mass is 10.0. The van der Waals surface area contributed by atoms with E-state index in [4.69, 9.17) is 0 Å². The minimum atomic E-state index is 0.0375. The third-order valence-corrected chi connectivity index (χ3v) is 4.26. The van der Waals surface area contributed by atoms with E-state index in [1.54, 1.807) is 12.4 Å². The number of thiophene rings is 1. The molecule has 2 aromatic heterocycles. The molecule has 0 saturated carbocycles. The number of carbonyl (C=O) groups excluding carboxylic acids is 1. The highest BCUT2D eigenvalue weighted by Crippen LogP contribution is 2.25. The number of fused-ring (bicyclic) bond motifs is 1. The van der Waals surface area contributed by atoms with Gasteiger partial charge in [-0.05, 0) is 33.4 Å². The maximum absolute atomic E-state index is 12.4. The van der Waals surface area contributed by atoms with Crippen LogP contribution in [0.1, 0.15) is 15.9 Å². The van der Waals surface area contributed by atoms with Gasteiger partial charge in [0.25, 0.3) is 0 Å². The molecule has 0 saturated heterocycles. The number of nitrogens with zero attached hydrogens (tertiary/aromatic N) is 1. The minimum absolute atomic E-state index is 0.0375. The summed E-state index contributed by atoms with van der Waals surface area (Å²) >= 11 is 4.89. The van der Waals surface area contributed by atoms with E-state index in [0.717, 1.165) is 14.6 Å². The van der Waals surface area contributed by atoms with Crippen LogP contribution in [0, 0.1) is 0 Å². The summed E-state index contributed by atoms with van der Waals surface area (Å²) in [5.74, 6) is 0.0375. The van der Waals surface area contributed by atoms with Crippen LogP contribution in [0.15, 0.2) is 51.9 Å². The summed E-state index contributed by atoms with van der Waals surface area (Å²) < 4.78 is 0.962. The lowest BCUT2D eigenvalue weighted by Gasteiger charge is -2.03. The molecule has 0 unspecified atom stereocenters. The fourth-order valence-electron chi connectivity index (χ4n) is 1.90. The molecule has 18 heavy (non-hydrogen) atoms. The number of benzene rings is 1. The number of hydrogen-bond acceptors (Lipinski definition) is 3. The summed E-state index contributed by atoms with van der Waals surface area (Å²) in [5, 5.41) is 3.79. The van der Waals surface area contributed by atoms with Gasteiger partial charge in [-0.25, -0.2) is 0 Å². The van der Waals surface area contributed by atoms with E-state index in [9.17, 15) is 4.79 Å². The molecule has 0 bridgehead atoms. The zero-order valence-electron chi connectivity index (χ0n) is 9.26. The highest BCUT2D eigenvalue weighted by molar-refractivity contribution is 9.11. The zero-order chi connectivity index (χ0) is 12.5. The standard InChI is InChI=1S/C14H8BrNOS/c15-13-6-10(8-18-13)14(17)11-3-1-2-9-4-5-16-7-12(9)11/h1-8H. The lowest BCUT2D eigenvalue weighted by Crippen LogP contribution is -2.00. The Bertz CT molecular complexity index is 730. The molecule has 0 aliphatic carbocycles. The Morgan fingerprint density at radius 1 is 1.28 bits per heavy atom. The fourth-order valence-corrected chi connectivity index (χ4v) is 3.03. The minimum Gasteiger partial charge on any atom is -0.289 e. The molecule has 2 nitrogen and oxygen atoms in total. The number of pyridine rings is 1. The van der Waals surface area contributed by atoms with Crippen molar-refractivity contribution in [3.05, 3.63) is 63.0 Å². The van der Waals surface area contributed by atoms with Gasteiger partial charge < -0.3 is 0 Å². The maximum atomic E-state index is 12.4. The Hall–Kier alpha value is -1.52. The number of hydrogen-bond donors (Lipinski definition) is 0. The van der Waals surface area contributed by atoms with Gasteiger partial charge in [0, 0.05) is 34.3 Å². The Labute approximate surface area is 116 Å². The van der Waals surface area contributed by atoms with Crippen LogP contribution in [0.4, 0.5) is 0 Å². The van der Waals surface area contributed by atoms with Crippen LogP contribution in [0.25, 0.3) is 10.8 Å². The molecule has 88 valence electrons. The first-order valence-corrected chi connectivity index (χ1v) is 7.04. The molecule has 0 N–H and O–H groups in total. The van der Waals surface area contributed by atoms with Crippen molar-refractivity contribution < 1.29 is 4.79 Å². The molecule has 2 heterocycles. The van der Waals surface area contributed by atoms with E-state index in [2.05, 4.69) is 20.9 Å². The van der Waals surface area contributed by atoms with Crippen molar-refractivity contribution in [1.82, 2.24) is 4.98 Å². The van der Waals surface area contributed by atoms with Crippen LogP contribution in [-0.2, 0) is 0 Å². The number of halogens is 1. The molecule has 1 aromatic carbocycles. The second-order valence-corrected chi connectivity index (χ2v) is 6.16. The molecule has 0 amide bonds. The second kappa shape index (κ2) is 4.63. The topological polar surface area (TPSA) is 30.0 Å². The van der Waals surface area contributed by atoms with Crippen molar-refractivity contribution in [3.8, 4) is 0 Å². The third-order valence-electron chi connectivity index (χ3n) is 2.76. The summed E-state index contributed by atoms with van der Waals surface area (Å²) in [7, 11) is 0. The number of ketones is 1. The van der Waals surface area contributed by atoms with Crippen molar-refractivity contribution in [2.24, 2.45) is 0 Å². The van der Waals surface area contributed by atoms with Crippen molar-refractivity contribution in [2.45, 2.75) is 0 Å². The summed E-state index contributed by atoms with van der Waals surface area (Å²) in [6, 6.07) is 9.49. The zero-order valence-corrected chi connectivity index (χ0v) is 11.7. The van der Waals surface area contributed by atoms with E-state index >= 15 is 0 Å². The van der Waals surface area contributed by atoms with Gasteiger partial charge >= 0.3 is 0 Å². The molecule has 3 aromatic rings. The van der Waals surface area contributed by atoms with Gasteiger partial charge in [-0.2, -0.15) is 0 Å². The van der Waals surface area contributed by atoms with Crippen LogP contribution in [0.3, 0.4) is 0 Å². The smallest absolute Gasteiger partial charge is 0.194 e. The van der Waals surface area contributed by atoms with Gasteiger partial charge in [0.05, 0.1) is 3.79 Å². The van der Waals surface area contributed by atoms with Gasteiger partial charge in [-0.1, -0.05) is 18.2 Å². The Kier molecular flexibility index (Phi) is 2.97. The van der Waals surface area contributed by atoms with Gasteiger partial charge in [-0.3, -0.25) is 9.78 Å². The number of rotatable bonds is 2. The highest BCUT2D eigenvalue weighted by Gasteiger charge is 2.13. The Morgan fingerprint density at radius 3 is 2.94 bits per heavy atom. The molecule has 0 aliphatic rings. The van der Waals surface area contributed by atoms with Crippen LogP contribution in [-0.4, -0.2) is 10.8 Å². The number of carbonyl (C=O) groups is 1. The largest absolute Gasteiger partial charge is 0.289 e. The van der Waals surface area contributed by atoms with Crippen LogP contribution in [0.5, 0.6) is 0 Å². The maximum Gasteiger partial charge on any atom is 0.194 e. The second-order valence-electron chi connectivity index (χ2n) is 3.87. The average Bonchev–Trinajstić information content (AvgIpc) is 2.84. The first-order chi connectivity index (χ1) is 8.75. The fraction of sp³-hybridized carbons (Fsp3) is 0. The first-order valence-electron chi connectivity index (χ1n) is 5.37. The quantitative estimate of drug-likeness (QED) is 0.660. The van der Waals surface area contributed by atoms with Crippen molar-refractivity contribution in [2.75, 3.05) is 0 Å². The Balaban J connectivity index is 2.17. The van der Waals surface area contributed by atoms with Crippen LogP contribution >= 0.6 is 27.3 Å². The van der Waals surface area contributed by atoms with Crippen LogP contribution < -0.4 is 0 Å². The molecule has 3 rings (SSSR count). The monoisotopic (exact) mass is 317 g/mol. The number of aromatic nitrogens is 1. The van der Waals surface area contributed by atoms with E-state index in [1.165, 1.54) is 11.3 Å². The van der Waals surface area contributed by atoms with Gasteiger partial charge in [0.1, 0.15) is 0 Å². The molecule has 0 spiro atoms. The van der Waals surface area contributed by atoms with Crippen LogP contribution in [0.2, 0.25) is 0 Å². The van der Waals surface area contributed by atoms with Crippen molar-refractivity contribution in [3.63, 3.8) is 0 Å². The summed E-state index contributed by atoms with van der Waals surface area (Å²) in [6.45, 7) is 0. The summed E-state index contributed by atoms with van der Waals surface area (Å²) in [4.78, 5) is 16.5. The summed E-state index contributed by atoms with van der Waals surface area (Å²) in [5.41, 5.74) is 1.41. The third kappa shape index (κ3) is 1.98. The highest BCUT2D eigenvalue weighted by atomic mass is 79.9. The van der Waals surface area contributed by atoms with Gasteiger partial charge in [0.15, 0.2) is 5.78 Å². The molecule has 4 heteroatoms.